The number of rotatable bonds is 6. The van der Waals surface area contributed by atoms with E-state index in [2.05, 4.69) is 28.3 Å². The minimum absolute atomic E-state index is 0.250. The molecule has 1 amide bonds. The fourth-order valence-electron chi connectivity index (χ4n) is 7.38. The van der Waals surface area contributed by atoms with E-state index in [0.29, 0.717) is 47.0 Å². The zero-order chi connectivity index (χ0) is 34.8. The lowest BCUT2D eigenvalue weighted by Crippen LogP contribution is -2.40. The lowest BCUT2D eigenvalue weighted by Gasteiger charge is -2.30. The Morgan fingerprint density at radius 3 is 2.47 bits per heavy atom. The third kappa shape index (κ3) is 5.23. The highest BCUT2D eigenvalue weighted by Crippen LogP contribution is 2.42. The van der Waals surface area contributed by atoms with Gasteiger partial charge in [-0.1, -0.05) is 24.3 Å². The first kappa shape index (κ1) is 32.1. The number of oxazole rings is 1. The van der Waals surface area contributed by atoms with E-state index in [1.54, 1.807) is 13.0 Å². The predicted molar refractivity (Wildman–Crippen MR) is 187 cm³/mol. The molecule has 7 rings (SSSR count). The van der Waals surface area contributed by atoms with Crippen LogP contribution in [0.5, 0.6) is 0 Å². The molecule has 0 bridgehead atoms. The lowest BCUT2D eigenvalue weighted by molar-refractivity contribution is -0.148. The van der Waals surface area contributed by atoms with Crippen LogP contribution in [0.4, 0.5) is 11.4 Å². The monoisotopic (exact) mass is 657 g/mol. The van der Waals surface area contributed by atoms with Crippen molar-refractivity contribution in [3.05, 3.63) is 82.4 Å². The van der Waals surface area contributed by atoms with Gasteiger partial charge in [0.2, 0.25) is 5.89 Å². The van der Waals surface area contributed by atoms with Gasteiger partial charge < -0.3 is 29.2 Å². The molecule has 4 heterocycles. The van der Waals surface area contributed by atoms with Crippen molar-refractivity contribution in [3.8, 4) is 28.7 Å². The number of aromatic nitrogens is 3. The van der Waals surface area contributed by atoms with Crippen molar-refractivity contribution in [3.63, 3.8) is 0 Å². The minimum Gasteiger partial charge on any atom is -0.481 e. The number of nitrogens with zero attached hydrogens (tertiary/aromatic N) is 6. The normalized spacial score (nSPS) is 19.2. The molecule has 5 aromatic rings. The largest absolute Gasteiger partial charge is 0.481 e. The maximum absolute atomic E-state index is 13.5. The fraction of sp³-hybridized carbons (Fsp3) is 0.342. The van der Waals surface area contributed by atoms with Crippen molar-refractivity contribution >= 4 is 34.4 Å². The third-order valence-electron chi connectivity index (χ3n) is 10.8. The van der Waals surface area contributed by atoms with Gasteiger partial charge in [-0.2, -0.15) is 5.26 Å². The summed E-state index contributed by atoms with van der Waals surface area (Å²) in [5, 5.41) is 23.0. The Morgan fingerprint density at radius 2 is 1.76 bits per heavy atom. The Labute approximate surface area is 284 Å². The Hall–Kier alpha value is -5.47. The van der Waals surface area contributed by atoms with Crippen LogP contribution in [-0.2, 0) is 24.8 Å². The second kappa shape index (κ2) is 11.9. The standard InChI is InChI=1S/C38H39N7O4/c1-21-26(27-10-8-12-29(22(27)2)41-35(46)34-40-31-20-43(5)15-13-32(31)44(34)6)9-7-11-28(21)36-42-30-18-25(17-24(19-39)33(30)49-36)45-16-14-38(4,23(45)3)37(47)48/h7-12,17-18,23H,13-16,20H2,1-6H3,(H,41,46)(H,47,48). The van der Waals surface area contributed by atoms with Crippen molar-refractivity contribution in [1.82, 2.24) is 19.4 Å². The number of hydrogen-bond acceptors (Lipinski definition) is 8. The summed E-state index contributed by atoms with van der Waals surface area (Å²) in [4.78, 5) is 39.3. The van der Waals surface area contributed by atoms with Gasteiger partial charge in [0.05, 0.1) is 16.7 Å². The zero-order valence-electron chi connectivity index (χ0n) is 28.6. The van der Waals surface area contributed by atoms with Crippen LogP contribution in [0.3, 0.4) is 0 Å². The first-order chi connectivity index (χ1) is 23.4. The maximum Gasteiger partial charge on any atom is 0.311 e. The number of carbonyl (C=O) groups excluding carboxylic acids is 1. The molecule has 2 N–H and O–H groups in total. The molecule has 2 aromatic heterocycles. The van der Waals surface area contributed by atoms with Crippen molar-refractivity contribution in [1.29, 1.82) is 5.26 Å². The number of likely N-dealkylation sites (N-methyl/N-ethyl adjacent to an activating group) is 1. The molecular weight excluding hydrogens is 618 g/mol. The van der Waals surface area contributed by atoms with Crippen LogP contribution in [0.2, 0.25) is 0 Å². The fourth-order valence-corrected chi connectivity index (χ4v) is 7.38. The Kier molecular flexibility index (Phi) is 7.79. The number of benzene rings is 3. The van der Waals surface area contributed by atoms with Crippen LogP contribution >= 0.6 is 0 Å². The van der Waals surface area contributed by atoms with Crippen LogP contribution in [0.1, 0.15) is 59.0 Å². The van der Waals surface area contributed by atoms with Gasteiger partial charge in [0, 0.05) is 61.8 Å². The SMILES string of the molecule is Cc1c(NC(=O)c2nc3c(n2C)CCN(C)C3)cccc1-c1cccc(-c2nc3cc(N4CCC(C)(C(=O)O)C4C)cc(C#N)c3o2)c1C. The number of carboxylic acid groups (broad SMARTS) is 1. The summed E-state index contributed by atoms with van der Waals surface area (Å²) in [5.41, 5.74) is 8.43. The highest BCUT2D eigenvalue weighted by atomic mass is 16.4. The Morgan fingerprint density at radius 1 is 1.04 bits per heavy atom. The molecule has 1 fully saturated rings. The molecule has 2 atom stereocenters. The molecule has 2 aliphatic heterocycles. The van der Waals surface area contributed by atoms with Crippen LogP contribution in [0.25, 0.3) is 33.7 Å². The molecule has 2 aliphatic rings. The summed E-state index contributed by atoms with van der Waals surface area (Å²) in [6, 6.07) is 17.4. The lowest BCUT2D eigenvalue weighted by atomic mass is 9.83. The summed E-state index contributed by atoms with van der Waals surface area (Å²) in [6.07, 6.45) is 1.36. The number of fused-ring (bicyclic) bond motifs is 2. The van der Waals surface area contributed by atoms with E-state index >= 15 is 0 Å². The maximum atomic E-state index is 13.5. The molecule has 11 heteroatoms. The van der Waals surface area contributed by atoms with Crippen molar-refractivity contribution < 1.29 is 19.1 Å². The number of nitriles is 1. The average Bonchev–Trinajstić information content (AvgIpc) is 3.75. The van der Waals surface area contributed by atoms with E-state index in [0.717, 1.165) is 64.4 Å². The summed E-state index contributed by atoms with van der Waals surface area (Å²) < 4.78 is 8.17. The molecule has 0 aliphatic carbocycles. The predicted octanol–water partition coefficient (Wildman–Crippen LogP) is 6.31. The highest BCUT2D eigenvalue weighted by molar-refractivity contribution is 6.03. The van der Waals surface area contributed by atoms with Gasteiger partial charge in [0.25, 0.3) is 5.91 Å². The zero-order valence-corrected chi connectivity index (χ0v) is 28.6. The van der Waals surface area contributed by atoms with Crippen molar-refractivity contribution in [2.45, 2.75) is 53.1 Å². The van der Waals surface area contributed by atoms with Crippen molar-refractivity contribution in [2.75, 3.05) is 30.4 Å². The molecule has 0 saturated carbocycles. The number of carboxylic acids is 1. The topological polar surface area (TPSA) is 141 Å². The van der Waals surface area contributed by atoms with Gasteiger partial charge in [0.15, 0.2) is 11.4 Å². The van der Waals surface area contributed by atoms with Crippen LogP contribution in [0, 0.1) is 30.6 Å². The number of anilines is 2. The number of aliphatic carboxylic acids is 1. The molecule has 1 saturated heterocycles. The van der Waals surface area contributed by atoms with Gasteiger partial charge in [-0.15, -0.1) is 0 Å². The van der Waals surface area contributed by atoms with Crippen LogP contribution in [0.15, 0.2) is 52.9 Å². The van der Waals surface area contributed by atoms with Gasteiger partial charge in [0.1, 0.15) is 11.6 Å². The number of nitrogens with one attached hydrogen (secondary N) is 1. The van der Waals surface area contributed by atoms with E-state index in [-0.39, 0.29) is 11.9 Å². The van der Waals surface area contributed by atoms with E-state index in [1.165, 1.54) is 0 Å². The number of carbonyl (C=O) groups is 2. The molecule has 2 unspecified atom stereocenters. The summed E-state index contributed by atoms with van der Waals surface area (Å²) in [5.74, 6) is -0.292. The molecule has 0 radical (unpaired) electrons. The number of imidazole rings is 1. The van der Waals surface area contributed by atoms with Crippen LogP contribution in [-0.4, -0.2) is 62.6 Å². The van der Waals surface area contributed by atoms with Gasteiger partial charge in [-0.05, 0) is 87.7 Å². The van der Waals surface area contributed by atoms with E-state index < -0.39 is 11.4 Å². The van der Waals surface area contributed by atoms with Crippen molar-refractivity contribution in [2.24, 2.45) is 12.5 Å². The quantitative estimate of drug-likeness (QED) is 0.215. The van der Waals surface area contributed by atoms with E-state index in [9.17, 15) is 20.0 Å². The van der Waals surface area contributed by atoms with Crippen LogP contribution < -0.4 is 10.2 Å². The first-order valence-corrected chi connectivity index (χ1v) is 16.5. The second-order valence-corrected chi connectivity index (χ2v) is 13.6. The smallest absolute Gasteiger partial charge is 0.311 e. The molecule has 11 nitrogen and oxygen atoms in total. The Bertz CT molecular complexity index is 2210. The second-order valence-electron chi connectivity index (χ2n) is 13.6. The summed E-state index contributed by atoms with van der Waals surface area (Å²) in [7, 11) is 3.96. The number of hydrogen-bond donors (Lipinski definition) is 2. The third-order valence-corrected chi connectivity index (χ3v) is 10.8. The first-order valence-electron chi connectivity index (χ1n) is 16.5. The summed E-state index contributed by atoms with van der Waals surface area (Å²) >= 11 is 0. The van der Waals surface area contributed by atoms with Gasteiger partial charge in [-0.3, -0.25) is 9.59 Å². The summed E-state index contributed by atoms with van der Waals surface area (Å²) in [6.45, 7) is 9.90. The molecule has 3 aromatic carbocycles. The molecule has 49 heavy (non-hydrogen) atoms. The average molecular weight is 658 g/mol. The van der Waals surface area contributed by atoms with Gasteiger partial charge in [-0.25, -0.2) is 9.97 Å². The molecular formula is C38H39N7O4. The Balaban J connectivity index is 1.21. The van der Waals surface area contributed by atoms with E-state index in [4.69, 9.17) is 9.40 Å². The highest BCUT2D eigenvalue weighted by Gasteiger charge is 2.47. The molecule has 0 spiro atoms. The minimum atomic E-state index is -0.887. The van der Waals surface area contributed by atoms with E-state index in [1.807, 2.05) is 79.8 Å². The molecule has 250 valence electrons. The van der Waals surface area contributed by atoms with Gasteiger partial charge >= 0.3 is 5.97 Å². The number of amides is 1.